The number of aryl methyl sites for hydroxylation is 1. The van der Waals surface area contributed by atoms with Crippen LogP contribution < -0.4 is 10.1 Å². The van der Waals surface area contributed by atoms with Crippen molar-refractivity contribution in [1.29, 1.82) is 0 Å². The Hall–Kier alpha value is -1.81. The van der Waals surface area contributed by atoms with Crippen molar-refractivity contribution in [2.24, 2.45) is 0 Å². The van der Waals surface area contributed by atoms with Gasteiger partial charge in [0.25, 0.3) is 0 Å². The van der Waals surface area contributed by atoms with E-state index in [0.29, 0.717) is 17.1 Å². The zero-order valence-corrected chi connectivity index (χ0v) is 12.3. The third-order valence-electron chi connectivity index (χ3n) is 3.11. The Morgan fingerprint density at radius 2 is 1.90 bits per heavy atom. The van der Waals surface area contributed by atoms with E-state index >= 15 is 0 Å². The Labute approximate surface area is 127 Å². The first kappa shape index (κ1) is 15.6. The third kappa shape index (κ3) is 4.33. The van der Waals surface area contributed by atoms with E-state index < -0.39 is 6.61 Å². The van der Waals surface area contributed by atoms with Crippen LogP contribution in [0.1, 0.15) is 18.1 Å². The van der Waals surface area contributed by atoms with E-state index in [4.69, 9.17) is 11.6 Å². The molecule has 0 bridgehead atoms. The summed E-state index contributed by atoms with van der Waals surface area (Å²) in [6.45, 7) is -0.432. The second-order valence-corrected chi connectivity index (χ2v) is 4.93. The number of ether oxygens (including phenoxy) is 1. The maximum Gasteiger partial charge on any atom is 0.387 e. The van der Waals surface area contributed by atoms with Gasteiger partial charge >= 0.3 is 6.61 Å². The molecule has 0 fully saturated rings. The summed E-state index contributed by atoms with van der Waals surface area (Å²) in [6, 6.07) is 12.5. The molecule has 0 spiro atoms. The molecule has 5 heteroatoms. The fraction of sp³-hybridized carbons (Fsp3) is 0.250. The van der Waals surface area contributed by atoms with Gasteiger partial charge in [-0.05, 0) is 36.2 Å². The summed E-state index contributed by atoms with van der Waals surface area (Å²) < 4.78 is 29.3. The molecular formula is C16H16ClF2NO. The molecule has 2 aromatic rings. The maximum absolute atomic E-state index is 12.4. The van der Waals surface area contributed by atoms with Crippen molar-refractivity contribution in [2.75, 3.05) is 5.32 Å². The molecule has 2 aromatic carbocycles. The topological polar surface area (TPSA) is 21.3 Å². The van der Waals surface area contributed by atoms with Gasteiger partial charge in [0.2, 0.25) is 0 Å². The van der Waals surface area contributed by atoms with Gasteiger partial charge in [-0.3, -0.25) is 0 Å². The van der Waals surface area contributed by atoms with Crippen LogP contribution in [0.25, 0.3) is 0 Å². The summed E-state index contributed by atoms with van der Waals surface area (Å²) in [6.07, 6.45) is 0.888. The van der Waals surface area contributed by atoms with Gasteiger partial charge in [-0.2, -0.15) is 8.78 Å². The number of anilines is 1. The van der Waals surface area contributed by atoms with Crippen LogP contribution in [-0.4, -0.2) is 6.61 Å². The van der Waals surface area contributed by atoms with Gasteiger partial charge in [0.1, 0.15) is 5.75 Å². The molecule has 0 unspecified atom stereocenters. The number of benzene rings is 2. The first-order chi connectivity index (χ1) is 10.1. The van der Waals surface area contributed by atoms with Crippen LogP contribution in [0.15, 0.2) is 42.5 Å². The number of rotatable bonds is 6. The summed E-state index contributed by atoms with van der Waals surface area (Å²) in [5, 5.41) is 3.72. The number of para-hydroxylation sites is 1. The number of hydrogen-bond acceptors (Lipinski definition) is 2. The van der Waals surface area contributed by atoms with Crippen LogP contribution in [0.5, 0.6) is 5.75 Å². The zero-order chi connectivity index (χ0) is 15.2. The number of nitrogens with one attached hydrogen (secondary N) is 1. The van der Waals surface area contributed by atoms with E-state index in [-0.39, 0.29) is 5.75 Å². The lowest BCUT2D eigenvalue weighted by atomic mass is 10.1. The van der Waals surface area contributed by atoms with Crippen molar-refractivity contribution in [3.8, 4) is 5.75 Å². The lowest BCUT2D eigenvalue weighted by Gasteiger charge is -2.14. The fourth-order valence-corrected chi connectivity index (χ4v) is 2.28. The van der Waals surface area contributed by atoms with Crippen molar-refractivity contribution >= 4 is 17.3 Å². The first-order valence-corrected chi connectivity index (χ1v) is 7.03. The lowest BCUT2D eigenvalue weighted by Crippen LogP contribution is -2.08. The molecule has 0 saturated carbocycles. The Morgan fingerprint density at radius 1 is 1.14 bits per heavy atom. The van der Waals surface area contributed by atoms with Gasteiger partial charge in [0, 0.05) is 22.8 Å². The molecule has 0 aliphatic carbocycles. The molecule has 2 nitrogen and oxygen atoms in total. The summed E-state index contributed by atoms with van der Waals surface area (Å²) >= 11 is 5.92. The van der Waals surface area contributed by atoms with Crippen LogP contribution in [0.3, 0.4) is 0 Å². The monoisotopic (exact) mass is 311 g/mol. The quantitative estimate of drug-likeness (QED) is 0.800. The van der Waals surface area contributed by atoms with E-state index in [2.05, 4.69) is 17.0 Å². The van der Waals surface area contributed by atoms with Crippen molar-refractivity contribution in [1.82, 2.24) is 0 Å². The molecule has 112 valence electrons. The maximum atomic E-state index is 12.4. The minimum absolute atomic E-state index is 0.135. The Balaban J connectivity index is 2.17. The molecule has 0 aromatic heterocycles. The highest BCUT2D eigenvalue weighted by molar-refractivity contribution is 6.30. The molecule has 0 atom stereocenters. The molecule has 0 radical (unpaired) electrons. The summed E-state index contributed by atoms with van der Waals surface area (Å²) in [7, 11) is 0. The molecule has 1 N–H and O–H groups in total. The first-order valence-electron chi connectivity index (χ1n) is 6.65. The smallest absolute Gasteiger partial charge is 0.387 e. The molecule has 21 heavy (non-hydrogen) atoms. The average molecular weight is 312 g/mol. The second-order valence-electron chi connectivity index (χ2n) is 4.49. The number of hydrogen-bond donors (Lipinski definition) is 1. The van der Waals surface area contributed by atoms with Crippen LogP contribution in [0.2, 0.25) is 5.02 Å². The van der Waals surface area contributed by atoms with Crippen LogP contribution in [0.4, 0.5) is 14.5 Å². The zero-order valence-electron chi connectivity index (χ0n) is 11.6. The number of halogens is 3. The van der Waals surface area contributed by atoms with Crippen molar-refractivity contribution < 1.29 is 13.5 Å². The minimum atomic E-state index is -2.85. The Bertz CT molecular complexity index is 605. The van der Waals surface area contributed by atoms with Crippen LogP contribution in [-0.2, 0) is 13.0 Å². The predicted octanol–water partition coefficient (Wildman–Crippen LogP) is 5.12. The predicted molar refractivity (Wildman–Crippen MR) is 81.2 cm³/mol. The van der Waals surface area contributed by atoms with Crippen LogP contribution >= 0.6 is 11.6 Å². The van der Waals surface area contributed by atoms with Crippen molar-refractivity contribution in [3.63, 3.8) is 0 Å². The van der Waals surface area contributed by atoms with Gasteiger partial charge in [-0.1, -0.05) is 36.7 Å². The highest BCUT2D eigenvalue weighted by Crippen LogP contribution is 2.26. The molecule has 0 amide bonds. The van der Waals surface area contributed by atoms with Crippen LogP contribution in [0, 0.1) is 0 Å². The van der Waals surface area contributed by atoms with E-state index in [9.17, 15) is 8.78 Å². The summed E-state index contributed by atoms with van der Waals surface area (Å²) in [5.41, 5.74) is 2.73. The molecule has 0 aliphatic rings. The van der Waals surface area contributed by atoms with E-state index in [1.165, 1.54) is 12.1 Å². The highest BCUT2D eigenvalue weighted by atomic mass is 35.5. The number of alkyl halides is 2. The third-order valence-corrected chi connectivity index (χ3v) is 3.34. The summed E-state index contributed by atoms with van der Waals surface area (Å²) in [4.78, 5) is 0. The minimum Gasteiger partial charge on any atom is -0.434 e. The molecular weight excluding hydrogens is 296 g/mol. The van der Waals surface area contributed by atoms with Crippen molar-refractivity contribution in [2.45, 2.75) is 26.5 Å². The average Bonchev–Trinajstić information content (AvgIpc) is 2.47. The van der Waals surface area contributed by atoms with E-state index in [1.54, 1.807) is 6.07 Å². The highest BCUT2D eigenvalue weighted by Gasteiger charge is 2.10. The second kappa shape index (κ2) is 7.27. The lowest BCUT2D eigenvalue weighted by molar-refractivity contribution is -0.0504. The SMILES string of the molecule is CCc1ccccc1NCc1cc(Cl)ccc1OC(F)F. The fourth-order valence-electron chi connectivity index (χ4n) is 2.09. The van der Waals surface area contributed by atoms with Gasteiger partial charge in [-0.15, -0.1) is 0 Å². The normalized spacial score (nSPS) is 10.7. The standard InChI is InChI=1S/C16H16ClF2NO/c1-2-11-5-3-4-6-14(11)20-10-12-9-13(17)7-8-15(12)21-16(18)19/h3-9,16,20H,2,10H2,1H3. The van der Waals surface area contributed by atoms with Crippen molar-refractivity contribution in [3.05, 3.63) is 58.6 Å². The molecule has 0 heterocycles. The Kier molecular flexibility index (Phi) is 5.39. The molecule has 0 aliphatic heterocycles. The Morgan fingerprint density at radius 3 is 2.62 bits per heavy atom. The van der Waals surface area contributed by atoms with E-state index in [1.807, 2.05) is 24.3 Å². The summed E-state index contributed by atoms with van der Waals surface area (Å²) in [5.74, 6) is 0.135. The van der Waals surface area contributed by atoms with Gasteiger partial charge in [0.05, 0.1) is 0 Å². The molecule has 0 saturated heterocycles. The van der Waals surface area contributed by atoms with Gasteiger partial charge in [0.15, 0.2) is 0 Å². The van der Waals surface area contributed by atoms with Gasteiger partial charge < -0.3 is 10.1 Å². The largest absolute Gasteiger partial charge is 0.434 e. The van der Waals surface area contributed by atoms with E-state index in [0.717, 1.165) is 17.7 Å². The van der Waals surface area contributed by atoms with Gasteiger partial charge in [-0.25, -0.2) is 0 Å². The molecule has 2 rings (SSSR count).